The third kappa shape index (κ3) is 2.10. The summed E-state index contributed by atoms with van der Waals surface area (Å²) in [6.45, 7) is 4.44. The standard InChI is InChI=1S/C21H32O4/c1-19-9-5-4-6-13(19)12-16(22)17-14(19)7-10-20(2)15(17)8-11-21(20,24)18(23)25-3/h12,14-17,22,24H,4-11H2,1-3H3/t14-,15+,16?,17-,19+,20+,21?/m1/s1. The molecule has 4 rings (SSSR count). The maximum absolute atomic E-state index is 12.4. The summed E-state index contributed by atoms with van der Waals surface area (Å²) in [5.41, 5.74) is -0.264. The van der Waals surface area contributed by atoms with Crippen LogP contribution in [0.2, 0.25) is 0 Å². The summed E-state index contributed by atoms with van der Waals surface area (Å²) in [6.07, 6.45) is 9.54. The zero-order chi connectivity index (χ0) is 18.0. The average molecular weight is 348 g/mol. The second-order valence-electron chi connectivity index (χ2n) is 9.44. The Bertz CT molecular complexity index is 613. The Morgan fingerprint density at radius 3 is 2.60 bits per heavy atom. The van der Waals surface area contributed by atoms with Crippen molar-refractivity contribution >= 4 is 5.97 Å². The van der Waals surface area contributed by atoms with E-state index in [1.54, 1.807) is 0 Å². The first-order valence-corrected chi connectivity index (χ1v) is 9.98. The van der Waals surface area contributed by atoms with Crippen LogP contribution in [-0.4, -0.2) is 35.0 Å². The molecule has 0 aromatic heterocycles. The van der Waals surface area contributed by atoms with Gasteiger partial charge in [-0.3, -0.25) is 0 Å². The van der Waals surface area contributed by atoms with Crippen molar-refractivity contribution in [3.05, 3.63) is 11.6 Å². The number of aliphatic hydroxyl groups excluding tert-OH is 1. The fourth-order valence-electron chi connectivity index (χ4n) is 7.20. The predicted octanol–water partition coefficient (Wildman–Crippen LogP) is 3.21. The van der Waals surface area contributed by atoms with Crippen LogP contribution in [0.1, 0.15) is 65.2 Å². The molecule has 0 heterocycles. The van der Waals surface area contributed by atoms with Gasteiger partial charge in [0.05, 0.1) is 13.2 Å². The van der Waals surface area contributed by atoms with Gasteiger partial charge in [0.15, 0.2) is 5.60 Å². The molecule has 0 spiro atoms. The smallest absolute Gasteiger partial charge is 0.338 e. The molecule has 0 aromatic rings. The van der Waals surface area contributed by atoms with Crippen LogP contribution in [0.25, 0.3) is 0 Å². The van der Waals surface area contributed by atoms with E-state index in [4.69, 9.17) is 4.74 Å². The van der Waals surface area contributed by atoms with E-state index >= 15 is 0 Å². The van der Waals surface area contributed by atoms with Gasteiger partial charge in [0, 0.05) is 5.41 Å². The van der Waals surface area contributed by atoms with Crippen LogP contribution in [-0.2, 0) is 9.53 Å². The number of carbonyl (C=O) groups excluding carboxylic acids is 1. The lowest BCUT2D eigenvalue weighted by atomic mass is 9.46. The molecule has 3 fully saturated rings. The minimum atomic E-state index is -1.41. The molecular weight excluding hydrogens is 316 g/mol. The minimum absolute atomic E-state index is 0.143. The van der Waals surface area contributed by atoms with Crippen LogP contribution in [0.5, 0.6) is 0 Å². The molecule has 2 unspecified atom stereocenters. The van der Waals surface area contributed by atoms with Crippen molar-refractivity contribution in [3.8, 4) is 0 Å². The van der Waals surface area contributed by atoms with Gasteiger partial charge in [-0.05, 0) is 68.1 Å². The van der Waals surface area contributed by atoms with Crippen LogP contribution >= 0.6 is 0 Å². The highest BCUT2D eigenvalue weighted by Crippen LogP contribution is 2.67. The first-order valence-electron chi connectivity index (χ1n) is 9.98. The molecule has 0 aliphatic heterocycles. The van der Waals surface area contributed by atoms with E-state index in [1.807, 2.05) is 6.92 Å². The number of rotatable bonds is 1. The number of hydrogen-bond acceptors (Lipinski definition) is 4. The topological polar surface area (TPSA) is 66.8 Å². The van der Waals surface area contributed by atoms with Crippen LogP contribution in [0.3, 0.4) is 0 Å². The first kappa shape index (κ1) is 17.5. The number of ether oxygens (including phenoxy) is 1. The monoisotopic (exact) mass is 348 g/mol. The van der Waals surface area contributed by atoms with Gasteiger partial charge in [0.25, 0.3) is 0 Å². The highest BCUT2D eigenvalue weighted by Gasteiger charge is 2.67. The van der Waals surface area contributed by atoms with Gasteiger partial charge < -0.3 is 14.9 Å². The molecule has 0 aromatic carbocycles. The Morgan fingerprint density at radius 1 is 1.16 bits per heavy atom. The fourth-order valence-corrected chi connectivity index (χ4v) is 7.20. The molecule has 25 heavy (non-hydrogen) atoms. The number of aliphatic hydroxyl groups is 2. The van der Waals surface area contributed by atoms with E-state index in [0.717, 1.165) is 25.7 Å². The largest absolute Gasteiger partial charge is 0.467 e. The van der Waals surface area contributed by atoms with E-state index in [1.165, 1.54) is 31.9 Å². The molecular formula is C21H32O4. The van der Waals surface area contributed by atoms with Crippen LogP contribution < -0.4 is 0 Å². The van der Waals surface area contributed by atoms with Crippen LogP contribution in [0.15, 0.2) is 11.6 Å². The molecule has 0 amide bonds. The summed E-state index contributed by atoms with van der Waals surface area (Å²) in [5.74, 6) is 0.272. The molecule has 4 aliphatic rings. The number of allylic oxidation sites excluding steroid dienone is 1. The Labute approximate surface area is 150 Å². The summed E-state index contributed by atoms with van der Waals surface area (Å²) in [4.78, 5) is 12.4. The second-order valence-corrected chi connectivity index (χ2v) is 9.44. The molecule has 4 aliphatic carbocycles. The van der Waals surface area contributed by atoms with Gasteiger partial charge in [-0.25, -0.2) is 4.79 Å². The van der Waals surface area contributed by atoms with E-state index in [-0.39, 0.29) is 17.3 Å². The summed E-state index contributed by atoms with van der Waals surface area (Å²) in [5, 5.41) is 22.2. The molecule has 0 radical (unpaired) electrons. The molecule has 140 valence electrons. The van der Waals surface area contributed by atoms with Crippen LogP contribution in [0, 0.1) is 28.6 Å². The van der Waals surface area contributed by atoms with E-state index in [0.29, 0.717) is 12.3 Å². The van der Waals surface area contributed by atoms with Gasteiger partial charge in [0.1, 0.15) is 0 Å². The maximum Gasteiger partial charge on any atom is 0.338 e. The molecule has 4 nitrogen and oxygen atoms in total. The van der Waals surface area contributed by atoms with Gasteiger partial charge in [-0.2, -0.15) is 0 Å². The summed E-state index contributed by atoms with van der Waals surface area (Å²) < 4.78 is 4.96. The van der Waals surface area contributed by atoms with Crippen molar-refractivity contribution in [3.63, 3.8) is 0 Å². The van der Waals surface area contributed by atoms with Crippen molar-refractivity contribution in [2.75, 3.05) is 7.11 Å². The highest BCUT2D eigenvalue weighted by molar-refractivity contribution is 5.81. The van der Waals surface area contributed by atoms with Crippen LogP contribution in [0.4, 0.5) is 0 Å². The fraction of sp³-hybridized carbons (Fsp3) is 0.857. The molecule has 0 saturated heterocycles. The SMILES string of the molecule is COC(=O)C1(O)CC[C@H]2[C@@H]3C(O)C=C4CCCC[C@]4(C)[C@@H]3CC[C@@]21C. The number of methoxy groups -OCH3 is 1. The van der Waals surface area contributed by atoms with Gasteiger partial charge >= 0.3 is 5.97 Å². The average Bonchev–Trinajstić information content (AvgIpc) is 2.87. The van der Waals surface area contributed by atoms with Gasteiger partial charge in [-0.15, -0.1) is 0 Å². The quantitative estimate of drug-likeness (QED) is 0.564. The Hall–Kier alpha value is -0.870. The Kier molecular flexibility index (Phi) is 3.90. The van der Waals surface area contributed by atoms with E-state index in [2.05, 4.69) is 13.0 Å². The minimum Gasteiger partial charge on any atom is -0.467 e. The molecule has 7 atom stereocenters. The van der Waals surface area contributed by atoms with E-state index in [9.17, 15) is 15.0 Å². The summed E-state index contributed by atoms with van der Waals surface area (Å²) in [6, 6.07) is 0. The third-order valence-corrected chi connectivity index (χ3v) is 8.72. The molecule has 4 heteroatoms. The van der Waals surface area contributed by atoms with Crippen molar-refractivity contribution in [2.45, 2.75) is 76.9 Å². The second kappa shape index (κ2) is 5.56. The predicted molar refractivity (Wildman–Crippen MR) is 94.7 cm³/mol. The number of esters is 1. The molecule has 0 bridgehead atoms. The Morgan fingerprint density at radius 2 is 1.88 bits per heavy atom. The van der Waals surface area contributed by atoms with Crippen molar-refractivity contribution < 1.29 is 19.7 Å². The number of hydrogen-bond donors (Lipinski definition) is 2. The zero-order valence-corrected chi connectivity index (χ0v) is 15.8. The van der Waals surface area contributed by atoms with Crippen molar-refractivity contribution in [2.24, 2.45) is 28.6 Å². The van der Waals surface area contributed by atoms with Crippen molar-refractivity contribution in [1.82, 2.24) is 0 Å². The lowest BCUT2D eigenvalue weighted by molar-refractivity contribution is -0.187. The molecule has 2 N–H and O–H groups in total. The highest BCUT2D eigenvalue weighted by atomic mass is 16.5. The molecule has 3 saturated carbocycles. The number of fused-ring (bicyclic) bond motifs is 5. The van der Waals surface area contributed by atoms with Gasteiger partial charge in [0.2, 0.25) is 0 Å². The summed E-state index contributed by atoms with van der Waals surface area (Å²) in [7, 11) is 1.36. The van der Waals surface area contributed by atoms with Gasteiger partial charge in [-0.1, -0.05) is 31.9 Å². The van der Waals surface area contributed by atoms with Crippen molar-refractivity contribution in [1.29, 1.82) is 0 Å². The Balaban J connectivity index is 1.74. The lowest BCUT2D eigenvalue weighted by Crippen LogP contribution is -2.59. The lowest BCUT2D eigenvalue weighted by Gasteiger charge is -2.59. The summed E-state index contributed by atoms with van der Waals surface area (Å²) >= 11 is 0. The first-order chi connectivity index (χ1) is 11.8. The van der Waals surface area contributed by atoms with E-state index < -0.39 is 23.1 Å². The normalized spacial score (nSPS) is 51.8. The zero-order valence-electron chi connectivity index (χ0n) is 15.8. The number of carbonyl (C=O) groups is 1. The maximum atomic E-state index is 12.4. The third-order valence-electron chi connectivity index (χ3n) is 8.72.